The van der Waals surface area contributed by atoms with Crippen molar-refractivity contribution in [1.29, 1.82) is 0 Å². The molecule has 0 bridgehead atoms. The van der Waals surface area contributed by atoms with Crippen LogP contribution in [0.25, 0.3) is 0 Å². The Kier molecular flexibility index (Phi) is 11.3. The molecule has 4 N–H and O–H groups in total. The molecule has 0 saturated carbocycles. The molecule has 0 aliphatic rings. The van der Waals surface area contributed by atoms with Crippen LogP contribution in [0.2, 0.25) is 0 Å². The predicted molar refractivity (Wildman–Crippen MR) is 192 cm³/mol. The van der Waals surface area contributed by atoms with Crippen molar-refractivity contribution in [3.8, 4) is 11.5 Å². The Balaban J connectivity index is 2.09. The quantitative estimate of drug-likeness (QED) is 0.207. The minimum absolute atomic E-state index is 0.0697. The van der Waals surface area contributed by atoms with Crippen LogP contribution in [0.5, 0.6) is 11.5 Å². The summed E-state index contributed by atoms with van der Waals surface area (Å²) in [4.78, 5) is 26.9. The SMILES string of the molecule is CC(C)(C)c1cc(C(C)(C)C(=O)NCCCCNC(=O)C(C)(C)c2cc(C(C)(C)C)c(O)c(C(C)(C)C)c2)cc(C(C)(C)C)c1O. The molecule has 0 aliphatic heterocycles. The van der Waals surface area contributed by atoms with E-state index in [1.165, 1.54) is 0 Å². The summed E-state index contributed by atoms with van der Waals surface area (Å²) >= 11 is 0. The van der Waals surface area contributed by atoms with Crippen molar-refractivity contribution >= 4 is 11.8 Å². The van der Waals surface area contributed by atoms with Crippen LogP contribution in [0.1, 0.15) is 157 Å². The van der Waals surface area contributed by atoms with Gasteiger partial charge in [-0.1, -0.05) is 107 Å². The van der Waals surface area contributed by atoms with Gasteiger partial charge in [-0.2, -0.15) is 0 Å². The molecule has 0 spiro atoms. The number of aromatic hydroxyl groups is 2. The molecular weight excluding hydrogens is 572 g/mol. The Morgan fingerprint density at radius 2 is 0.696 bits per heavy atom. The van der Waals surface area contributed by atoms with Crippen molar-refractivity contribution < 1.29 is 19.8 Å². The summed E-state index contributed by atoms with van der Waals surface area (Å²) in [7, 11) is 0. The molecule has 0 aromatic heterocycles. The zero-order valence-electron chi connectivity index (χ0n) is 31.8. The van der Waals surface area contributed by atoms with Crippen LogP contribution in [-0.2, 0) is 42.1 Å². The number of benzene rings is 2. The largest absolute Gasteiger partial charge is 0.507 e. The van der Waals surface area contributed by atoms with E-state index in [1.54, 1.807) is 0 Å². The molecule has 0 radical (unpaired) electrons. The number of carbonyl (C=O) groups is 2. The minimum atomic E-state index is -0.798. The fourth-order valence-corrected chi connectivity index (χ4v) is 5.64. The number of hydrogen-bond donors (Lipinski definition) is 4. The molecule has 2 rings (SSSR count). The van der Waals surface area contributed by atoms with E-state index in [9.17, 15) is 19.8 Å². The van der Waals surface area contributed by atoms with Gasteiger partial charge in [0.05, 0.1) is 10.8 Å². The number of amides is 2. The van der Waals surface area contributed by atoms with Gasteiger partial charge in [0, 0.05) is 13.1 Å². The maximum Gasteiger partial charge on any atom is 0.230 e. The van der Waals surface area contributed by atoms with Crippen LogP contribution < -0.4 is 10.6 Å². The molecule has 46 heavy (non-hydrogen) atoms. The third-order valence-electron chi connectivity index (χ3n) is 9.21. The number of phenolic OH excluding ortho intramolecular Hbond substituents is 2. The number of phenols is 2. The summed E-state index contributed by atoms with van der Waals surface area (Å²) < 4.78 is 0. The van der Waals surface area contributed by atoms with Gasteiger partial charge in [0.1, 0.15) is 11.5 Å². The Morgan fingerprint density at radius 3 is 0.891 bits per heavy atom. The Labute approximate surface area is 280 Å². The lowest BCUT2D eigenvalue weighted by Crippen LogP contribution is -2.42. The number of carbonyl (C=O) groups excluding carboxylic acids is 2. The van der Waals surface area contributed by atoms with E-state index in [-0.39, 0.29) is 33.5 Å². The maximum absolute atomic E-state index is 13.5. The lowest BCUT2D eigenvalue weighted by atomic mass is 9.74. The van der Waals surface area contributed by atoms with E-state index in [0.29, 0.717) is 24.6 Å². The fourth-order valence-electron chi connectivity index (χ4n) is 5.64. The van der Waals surface area contributed by atoms with E-state index in [2.05, 4.69) is 93.7 Å². The van der Waals surface area contributed by atoms with Crippen LogP contribution in [0.3, 0.4) is 0 Å². The highest BCUT2D eigenvalue weighted by Crippen LogP contribution is 2.43. The summed E-state index contributed by atoms with van der Waals surface area (Å²) in [6, 6.07) is 7.91. The molecule has 0 unspecified atom stereocenters. The van der Waals surface area contributed by atoms with Gasteiger partial charge in [0.15, 0.2) is 0 Å². The second-order valence-electron chi connectivity index (χ2n) is 18.3. The molecule has 6 nitrogen and oxygen atoms in total. The van der Waals surface area contributed by atoms with Gasteiger partial charge in [-0.15, -0.1) is 0 Å². The minimum Gasteiger partial charge on any atom is -0.507 e. The summed E-state index contributed by atoms with van der Waals surface area (Å²) in [5.41, 5.74) is 2.40. The fraction of sp³-hybridized carbons (Fsp3) is 0.650. The first-order valence-electron chi connectivity index (χ1n) is 16.9. The summed E-state index contributed by atoms with van der Waals surface area (Å²) in [5, 5.41) is 28.5. The van der Waals surface area contributed by atoms with Crippen LogP contribution in [0.4, 0.5) is 0 Å². The first-order valence-corrected chi connectivity index (χ1v) is 16.9. The Morgan fingerprint density at radius 1 is 0.478 bits per heavy atom. The molecule has 2 aromatic carbocycles. The van der Waals surface area contributed by atoms with E-state index >= 15 is 0 Å². The number of hydrogen-bond acceptors (Lipinski definition) is 4. The third kappa shape index (κ3) is 8.86. The van der Waals surface area contributed by atoms with Crippen LogP contribution in [-0.4, -0.2) is 35.1 Å². The van der Waals surface area contributed by atoms with Crippen molar-refractivity contribution in [3.63, 3.8) is 0 Å². The Hall–Kier alpha value is -3.02. The topological polar surface area (TPSA) is 98.7 Å². The van der Waals surface area contributed by atoms with E-state index in [1.807, 2.05) is 52.0 Å². The van der Waals surface area contributed by atoms with Crippen molar-refractivity contribution in [2.24, 2.45) is 0 Å². The van der Waals surface area contributed by atoms with Gasteiger partial charge in [-0.05, 0) is 95.6 Å². The molecule has 0 aliphatic carbocycles. The van der Waals surface area contributed by atoms with Gasteiger partial charge in [-0.25, -0.2) is 0 Å². The molecule has 2 amide bonds. The lowest BCUT2D eigenvalue weighted by molar-refractivity contribution is -0.126. The number of unbranched alkanes of at least 4 members (excludes halogenated alkanes) is 1. The second kappa shape index (κ2) is 13.2. The van der Waals surface area contributed by atoms with Gasteiger partial charge in [0.25, 0.3) is 0 Å². The molecular formula is C40H64N2O4. The van der Waals surface area contributed by atoms with Crippen molar-refractivity contribution in [3.05, 3.63) is 57.6 Å². The third-order valence-corrected chi connectivity index (χ3v) is 9.21. The highest BCUT2D eigenvalue weighted by Gasteiger charge is 2.36. The van der Waals surface area contributed by atoms with Crippen molar-refractivity contribution in [1.82, 2.24) is 10.6 Å². The van der Waals surface area contributed by atoms with Gasteiger partial charge < -0.3 is 20.8 Å². The summed E-state index contributed by atoms with van der Waals surface area (Å²) in [6.07, 6.45) is 1.44. The molecule has 6 heteroatoms. The molecule has 258 valence electrons. The monoisotopic (exact) mass is 636 g/mol. The molecule has 0 heterocycles. The first kappa shape index (κ1) is 39.2. The highest BCUT2D eigenvalue weighted by atomic mass is 16.3. The smallest absolute Gasteiger partial charge is 0.230 e. The van der Waals surface area contributed by atoms with E-state index in [4.69, 9.17) is 0 Å². The maximum atomic E-state index is 13.5. The average molecular weight is 637 g/mol. The zero-order valence-corrected chi connectivity index (χ0v) is 31.8. The van der Waals surface area contributed by atoms with Crippen LogP contribution in [0.15, 0.2) is 24.3 Å². The van der Waals surface area contributed by atoms with Crippen LogP contribution >= 0.6 is 0 Å². The predicted octanol–water partition coefficient (Wildman–Crippen LogP) is 8.56. The highest BCUT2D eigenvalue weighted by molar-refractivity contribution is 5.88. The number of rotatable bonds is 9. The van der Waals surface area contributed by atoms with E-state index < -0.39 is 10.8 Å². The molecule has 0 fully saturated rings. The second-order valence-corrected chi connectivity index (χ2v) is 18.3. The molecule has 0 saturated heterocycles. The average Bonchev–Trinajstić information content (AvgIpc) is 2.87. The zero-order chi connectivity index (χ0) is 35.8. The van der Waals surface area contributed by atoms with Crippen molar-refractivity contribution in [2.75, 3.05) is 13.1 Å². The first-order chi connectivity index (χ1) is 20.5. The molecule has 2 aromatic rings. The van der Waals surface area contributed by atoms with Gasteiger partial charge >= 0.3 is 0 Å². The van der Waals surface area contributed by atoms with Crippen LogP contribution in [0, 0.1) is 0 Å². The lowest BCUT2D eigenvalue weighted by Gasteiger charge is -2.32. The summed E-state index contributed by atoms with van der Waals surface area (Å²) in [6.45, 7) is 33.6. The normalized spacial score (nSPS) is 13.5. The Bertz CT molecular complexity index is 1240. The number of nitrogens with one attached hydrogen (secondary N) is 2. The van der Waals surface area contributed by atoms with Gasteiger partial charge in [-0.3, -0.25) is 9.59 Å². The summed E-state index contributed by atoms with van der Waals surface area (Å²) in [5.74, 6) is 0.471. The molecule has 0 atom stereocenters. The van der Waals surface area contributed by atoms with Gasteiger partial charge in [0.2, 0.25) is 11.8 Å². The van der Waals surface area contributed by atoms with E-state index in [0.717, 1.165) is 46.2 Å². The van der Waals surface area contributed by atoms with Crippen molar-refractivity contribution in [2.45, 2.75) is 156 Å². The standard InChI is InChI=1S/C40H64N2O4/c1-35(2,3)27-21-25(22-28(31(27)43)36(4,5)6)39(13,14)33(45)41-19-17-18-20-42-34(46)40(15,16)26-23-29(37(7,8)9)32(44)30(24-26)38(10,11)12/h21-24,43-44H,17-20H2,1-16H3,(H,41,45)(H,42,46).